The van der Waals surface area contributed by atoms with Gasteiger partial charge in [-0.25, -0.2) is 5.10 Å². The highest BCUT2D eigenvalue weighted by Gasteiger charge is 2.17. The molecule has 1 atom stereocenters. The van der Waals surface area contributed by atoms with E-state index in [0.717, 1.165) is 11.1 Å². The molecule has 0 radical (unpaired) electrons. The van der Waals surface area contributed by atoms with Crippen LogP contribution in [0.1, 0.15) is 30.5 Å². The first-order valence-corrected chi connectivity index (χ1v) is 6.53. The van der Waals surface area contributed by atoms with Crippen molar-refractivity contribution < 1.29 is 9.59 Å². The van der Waals surface area contributed by atoms with E-state index in [0.29, 0.717) is 0 Å². The number of carbonyl (C=O) groups is 2. The Balaban J connectivity index is 2.07. The van der Waals surface area contributed by atoms with Gasteiger partial charge in [-0.2, -0.15) is 10.1 Å². The molecule has 7 nitrogen and oxygen atoms in total. The largest absolute Gasteiger partial charge is 0.349 e. The van der Waals surface area contributed by atoms with Crippen molar-refractivity contribution in [2.75, 3.05) is 5.32 Å². The van der Waals surface area contributed by atoms with Gasteiger partial charge in [0.1, 0.15) is 6.33 Å². The summed E-state index contributed by atoms with van der Waals surface area (Å²) in [6, 6.07) is 7.30. The van der Waals surface area contributed by atoms with Crippen LogP contribution >= 0.6 is 0 Å². The number of hydrogen-bond donors (Lipinski definition) is 3. The number of aryl methyl sites for hydroxylation is 1. The Bertz CT molecular complexity index is 607. The van der Waals surface area contributed by atoms with Gasteiger partial charge in [0.25, 0.3) is 0 Å². The SMILES string of the molecule is CC(=O)N[C@@H](CC(=O)Nc1ncn[nH]1)c1ccc(C)cc1. The summed E-state index contributed by atoms with van der Waals surface area (Å²) in [5.74, 6) is -0.162. The average Bonchev–Trinajstić information content (AvgIpc) is 2.91. The van der Waals surface area contributed by atoms with E-state index in [1.807, 2.05) is 31.2 Å². The first kappa shape index (κ1) is 14.7. The van der Waals surface area contributed by atoms with Crippen LogP contribution < -0.4 is 10.6 Å². The van der Waals surface area contributed by atoms with Crippen LogP contribution in [0.25, 0.3) is 0 Å². The fourth-order valence-electron chi connectivity index (χ4n) is 1.93. The molecular formula is C14H17N5O2. The summed E-state index contributed by atoms with van der Waals surface area (Å²) < 4.78 is 0. The zero-order valence-corrected chi connectivity index (χ0v) is 11.9. The number of H-pyrrole nitrogens is 1. The number of aromatic amines is 1. The Morgan fingerprint density at radius 1 is 1.29 bits per heavy atom. The minimum atomic E-state index is -0.383. The lowest BCUT2D eigenvalue weighted by molar-refractivity contribution is -0.120. The number of nitrogens with zero attached hydrogens (tertiary/aromatic N) is 2. The third-order valence-corrected chi connectivity index (χ3v) is 2.92. The Morgan fingerprint density at radius 3 is 2.57 bits per heavy atom. The molecule has 1 heterocycles. The second kappa shape index (κ2) is 6.65. The summed E-state index contributed by atoms with van der Waals surface area (Å²) in [6.07, 6.45) is 1.42. The smallest absolute Gasteiger partial charge is 0.229 e. The fraction of sp³-hybridized carbons (Fsp3) is 0.286. The Labute approximate surface area is 122 Å². The number of rotatable bonds is 5. The second-order valence-corrected chi connectivity index (χ2v) is 4.75. The Hall–Kier alpha value is -2.70. The predicted molar refractivity (Wildman–Crippen MR) is 77.4 cm³/mol. The lowest BCUT2D eigenvalue weighted by Crippen LogP contribution is -2.29. The molecule has 1 aromatic carbocycles. The molecule has 2 amide bonds. The van der Waals surface area contributed by atoms with Crippen LogP contribution in [0.4, 0.5) is 5.95 Å². The highest BCUT2D eigenvalue weighted by Crippen LogP contribution is 2.18. The lowest BCUT2D eigenvalue weighted by Gasteiger charge is -2.18. The number of benzene rings is 1. The summed E-state index contributed by atoms with van der Waals surface area (Å²) in [4.78, 5) is 27.1. The fourth-order valence-corrected chi connectivity index (χ4v) is 1.93. The average molecular weight is 287 g/mol. The van der Waals surface area contributed by atoms with Gasteiger partial charge in [-0.05, 0) is 12.5 Å². The third kappa shape index (κ3) is 4.41. The maximum Gasteiger partial charge on any atom is 0.229 e. The third-order valence-electron chi connectivity index (χ3n) is 2.92. The molecule has 0 aliphatic carbocycles. The van der Waals surface area contributed by atoms with Crippen molar-refractivity contribution in [3.63, 3.8) is 0 Å². The van der Waals surface area contributed by atoms with Gasteiger partial charge in [-0.3, -0.25) is 14.9 Å². The van der Waals surface area contributed by atoms with E-state index in [-0.39, 0.29) is 30.2 Å². The van der Waals surface area contributed by atoms with Crippen molar-refractivity contribution >= 4 is 17.8 Å². The topological polar surface area (TPSA) is 99.8 Å². The molecule has 0 spiro atoms. The highest BCUT2D eigenvalue weighted by atomic mass is 16.2. The number of hydrogen-bond acceptors (Lipinski definition) is 4. The van der Waals surface area contributed by atoms with E-state index in [9.17, 15) is 9.59 Å². The van der Waals surface area contributed by atoms with Gasteiger partial charge in [-0.15, -0.1) is 0 Å². The first-order valence-electron chi connectivity index (χ1n) is 6.53. The molecule has 21 heavy (non-hydrogen) atoms. The van der Waals surface area contributed by atoms with Gasteiger partial charge in [-0.1, -0.05) is 29.8 Å². The second-order valence-electron chi connectivity index (χ2n) is 4.75. The molecule has 0 unspecified atom stereocenters. The molecule has 0 saturated carbocycles. The van der Waals surface area contributed by atoms with Crippen LogP contribution in [0.3, 0.4) is 0 Å². The number of nitrogens with one attached hydrogen (secondary N) is 3. The Kier molecular flexibility index (Phi) is 4.65. The molecule has 0 bridgehead atoms. The number of amides is 2. The summed E-state index contributed by atoms with van der Waals surface area (Å²) in [6.45, 7) is 3.41. The standard InChI is InChI=1S/C14H17N5O2/c1-9-3-5-11(6-4-9)12(17-10(2)20)7-13(21)18-14-15-8-16-19-14/h3-6,8,12H,7H2,1-2H3,(H,17,20)(H2,15,16,18,19,21)/t12-/m0/s1. The minimum Gasteiger partial charge on any atom is -0.349 e. The molecule has 2 aromatic rings. The van der Waals surface area contributed by atoms with E-state index in [4.69, 9.17) is 0 Å². The van der Waals surface area contributed by atoms with Gasteiger partial charge < -0.3 is 5.32 Å². The van der Waals surface area contributed by atoms with E-state index < -0.39 is 0 Å². The highest BCUT2D eigenvalue weighted by molar-refractivity contribution is 5.89. The number of anilines is 1. The molecule has 2 rings (SSSR count). The molecule has 3 N–H and O–H groups in total. The molecular weight excluding hydrogens is 270 g/mol. The number of carbonyl (C=O) groups excluding carboxylic acids is 2. The zero-order valence-electron chi connectivity index (χ0n) is 11.9. The monoisotopic (exact) mass is 287 g/mol. The molecule has 0 saturated heterocycles. The van der Waals surface area contributed by atoms with Crippen molar-refractivity contribution in [3.8, 4) is 0 Å². The van der Waals surface area contributed by atoms with Gasteiger partial charge >= 0.3 is 0 Å². The first-order chi connectivity index (χ1) is 10.0. The summed E-state index contributed by atoms with van der Waals surface area (Å²) in [7, 11) is 0. The summed E-state index contributed by atoms with van der Waals surface area (Å²) in [5.41, 5.74) is 2.00. The molecule has 0 aliphatic heterocycles. The van der Waals surface area contributed by atoms with Crippen molar-refractivity contribution in [1.29, 1.82) is 0 Å². The van der Waals surface area contributed by atoms with Crippen molar-refractivity contribution in [2.24, 2.45) is 0 Å². The van der Waals surface area contributed by atoms with E-state index in [2.05, 4.69) is 25.8 Å². The predicted octanol–water partition coefficient (Wildman–Crippen LogP) is 1.32. The van der Waals surface area contributed by atoms with Gasteiger partial charge in [0.05, 0.1) is 12.5 Å². The molecule has 0 fully saturated rings. The molecule has 0 aliphatic rings. The molecule has 110 valence electrons. The number of aromatic nitrogens is 3. The van der Waals surface area contributed by atoms with Crippen LogP contribution in [-0.4, -0.2) is 27.0 Å². The van der Waals surface area contributed by atoms with Crippen LogP contribution in [0.15, 0.2) is 30.6 Å². The van der Waals surface area contributed by atoms with E-state index in [1.165, 1.54) is 13.3 Å². The van der Waals surface area contributed by atoms with Gasteiger partial charge in [0, 0.05) is 6.92 Å². The van der Waals surface area contributed by atoms with E-state index >= 15 is 0 Å². The van der Waals surface area contributed by atoms with Crippen LogP contribution in [0.5, 0.6) is 0 Å². The van der Waals surface area contributed by atoms with Crippen molar-refractivity contribution in [2.45, 2.75) is 26.3 Å². The van der Waals surface area contributed by atoms with Crippen molar-refractivity contribution in [3.05, 3.63) is 41.7 Å². The summed E-state index contributed by atoms with van der Waals surface area (Å²) >= 11 is 0. The quantitative estimate of drug-likeness (QED) is 0.772. The lowest BCUT2D eigenvalue weighted by atomic mass is 10.0. The van der Waals surface area contributed by atoms with E-state index in [1.54, 1.807) is 0 Å². The maximum atomic E-state index is 12.0. The molecule has 7 heteroatoms. The normalized spacial score (nSPS) is 11.7. The zero-order chi connectivity index (χ0) is 15.2. The van der Waals surface area contributed by atoms with Crippen LogP contribution in [-0.2, 0) is 9.59 Å². The van der Waals surface area contributed by atoms with Crippen molar-refractivity contribution in [1.82, 2.24) is 20.5 Å². The Morgan fingerprint density at radius 2 is 2.00 bits per heavy atom. The summed E-state index contributed by atoms with van der Waals surface area (Å²) in [5, 5.41) is 11.6. The molecule has 1 aromatic heterocycles. The van der Waals surface area contributed by atoms with Crippen LogP contribution in [0, 0.1) is 6.92 Å². The maximum absolute atomic E-state index is 12.0. The van der Waals surface area contributed by atoms with Crippen LogP contribution in [0.2, 0.25) is 0 Å². The van der Waals surface area contributed by atoms with Gasteiger partial charge in [0.15, 0.2) is 0 Å². The minimum absolute atomic E-state index is 0.114. The van der Waals surface area contributed by atoms with Gasteiger partial charge in [0.2, 0.25) is 17.8 Å².